The van der Waals surface area contributed by atoms with E-state index in [1.54, 1.807) is 0 Å². The third kappa shape index (κ3) is 4.16. The highest BCUT2D eigenvalue weighted by molar-refractivity contribution is 5.75. The fourth-order valence-electron chi connectivity index (χ4n) is 3.70. The van der Waals surface area contributed by atoms with Crippen molar-refractivity contribution in [3.63, 3.8) is 0 Å². The molecule has 0 saturated carbocycles. The number of amides is 1. The number of aliphatic hydroxyl groups is 1. The van der Waals surface area contributed by atoms with Crippen molar-refractivity contribution in [1.82, 2.24) is 20.0 Å². The fourth-order valence-corrected chi connectivity index (χ4v) is 3.70. The maximum absolute atomic E-state index is 11.9. The van der Waals surface area contributed by atoms with E-state index in [1.165, 1.54) is 5.56 Å². The third-order valence-corrected chi connectivity index (χ3v) is 5.30. The molecule has 24 heavy (non-hydrogen) atoms. The smallest absolute Gasteiger partial charge is 0.222 e. The highest BCUT2D eigenvalue weighted by atomic mass is 16.3. The van der Waals surface area contributed by atoms with Crippen molar-refractivity contribution in [2.24, 2.45) is 5.92 Å². The molecule has 0 spiro atoms. The van der Waals surface area contributed by atoms with Crippen LogP contribution in [0.1, 0.15) is 50.1 Å². The zero-order chi connectivity index (χ0) is 17.7. The molecule has 0 aliphatic carbocycles. The largest absolute Gasteiger partial charge is 0.394 e. The van der Waals surface area contributed by atoms with E-state index in [-0.39, 0.29) is 12.5 Å². The predicted octanol–water partition coefficient (Wildman–Crippen LogP) is 1.62. The number of aryl methyl sites for hydroxylation is 1. The molecule has 136 valence electrons. The highest BCUT2D eigenvalue weighted by Crippen LogP contribution is 2.22. The number of aromatic nitrogens is 2. The molecule has 0 radical (unpaired) electrons. The second-order valence-electron chi connectivity index (χ2n) is 6.73. The Balaban J connectivity index is 1.98. The van der Waals surface area contributed by atoms with E-state index >= 15 is 0 Å². The summed E-state index contributed by atoms with van der Waals surface area (Å²) >= 11 is 0. The summed E-state index contributed by atoms with van der Waals surface area (Å²) in [4.78, 5) is 14.0. The minimum absolute atomic E-state index is 0.108. The number of likely N-dealkylation sites (tertiary alicyclic amines) is 1. The average Bonchev–Trinajstić information content (AvgIpc) is 2.86. The van der Waals surface area contributed by atoms with E-state index in [9.17, 15) is 4.79 Å². The summed E-state index contributed by atoms with van der Waals surface area (Å²) in [6.45, 7) is 11.4. The topological polar surface area (TPSA) is 70.4 Å². The van der Waals surface area contributed by atoms with Gasteiger partial charge in [0.1, 0.15) is 0 Å². The molecule has 2 rings (SSSR count). The van der Waals surface area contributed by atoms with Crippen molar-refractivity contribution in [1.29, 1.82) is 0 Å². The van der Waals surface area contributed by atoms with E-state index in [0.717, 1.165) is 43.9 Å². The lowest BCUT2D eigenvalue weighted by atomic mass is 9.89. The SMILES string of the molecule is CCC(=O)N1CC[C@H](NCc2c(C)nn(CCO)c2C)[C@@H](CC)C1. The summed E-state index contributed by atoms with van der Waals surface area (Å²) in [6.07, 6.45) is 2.68. The molecule has 1 aromatic rings. The van der Waals surface area contributed by atoms with Gasteiger partial charge in [0.05, 0.1) is 18.8 Å². The van der Waals surface area contributed by atoms with Crippen LogP contribution in [-0.4, -0.2) is 51.4 Å². The van der Waals surface area contributed by atoms with Gasteiger partial charge in [-0.05, 0) is 26.2 Å². The zero-order valence-electron chi connectivity index (χ0n) is 15.5. The number of piperidine rings is 1. The normalized spacial score (nSPS) is 21.3. The van der Waals surface area contributed by atoms with Crippen LogP contribution in [-0.2, 0) is 17.9 Å². The Morgan fingerprint density at radius 2 is 2.12 bits per heavy atom. The van der Waals surface area contributed by atoms with Gasteiger partial charge in [-0.2, -0.15) is 5.10 Å². The van der Waals surface area contributed by atoms with Gasteiger partial charge in [-0.1, -0.05) is 20.3 Å². The van der Waals surface area contributed by atoms with Gasteiger partial charge in [0.15, 0.2) is 0 Å². The average molecular weight is 336 g/mol. The van der Waals surface area contributed by atoms with Crippen LogP contribution in [0.3, 0.4) is 0 Å². The Morgan fingerprint density at radius 3 is 2.75 bits per heavy atom. The van der Waals surface area contributed by atoms with Crippen molar-refractivity contribution in [3.05, 3.63) is 17.0 Å². The second kappa shape index (κ2) is 8.62. The minimum atomic E-state index is 0.108. The van der Waals surface area contributed by atoms with E-state index in [4.69, 9.17) is 5.11 Å². The van der Waals surface area contributed by atoms with Crippen molar-refractivity contribution >= 4 is 5.91 Å². The van der Waals surface area contributed by atoms with Crippen molar-refractivity contribution in [2.75, 3.05) is 19.7 Å². The van der Waals surface area contributed by atoms with E-state index < -0.39 is 0 Å². The molecule has 1 amide bonds. The first-order valence-corrected chi connectivity index (χ1v) is 9.16. The predicted molar refractivity (Wildman–Crippen MR) is 94.7 cm³/mol. The van der Waals surface area contributed by atoms with E-state index in [0.29, 0.717) is 24.9 Å². The molecule has 2 heterocycles. The number of rotatable bonds is 7. The minimum Gasteiger partial charge on any atom is -0.394 e. The number of aliphatic hydroxyl groups excluding tert-OH is 1. The first-order chi connectivity index (χ1) is 11.5. The zero-order valence-corrected chi connectivity index (χ0v) is 15.5. The Labute approximate surface area is 145 Å². The lowest BCUT2D eigenvalue weighted by molar-refractivity contribution is -0.133. The molecule has 1 fully saturated rings. The summed E-state index contributed by atoms with van der Waals surface area (Å²) < 4.78 is 1.88. The lowest BCUT2D eigenvalue weighted by Crippen LogP contribution is -2.50. The van der Waals surface area contributed by atoms with E-state index in [1.807, 2.05) is 23.4 Å². The molecular weight excluding hydrogens is 304 g/mol. The van der Waals surface area contributed by atoms with Crippen molar-refractivity contribution in [3.8, 4) is 0 Å². The molecule has 1 aromatic heterocycles. The molecule has 6 heteroatoms. The summed E-state index contributed by atoms with van der Waals surface area (Å²) in [5.74, 6) is 0.770. The van der Waals surface area contributed by atoms with Gasteiger partial charge < -0.3 is 15.3 Å². The molecule has 1 saturated heterocycles. The fraction of sp³-hybridized carbons (Fsp3) is 0.778. The number of hydrogen-bond donors (Lipinski definition) is 2. The molecule has 2 N–H and O–H groups in total. The maximum atomic E-state index is 11.9. The van der Waals surface area contributed by atoms with Gasteiger partial charge in [0.25, 0.3) is 0 Å². The quantitative estimate of drug-likeness (QED) is 0.794. The van der Waals surface area contributed by atoms with Crippen LogP contribution in [0.2, 0.25) is 0 Å². The Kier molecular flexibility index (Phi) is 6.80. The number of carbonyl (C=O) groups is 1. The molecular formula is C18H32N4O2. The van der Waals surface area contributed by atoms with Gasteiger partial charge >= 0.3 is 0 Å². The van der Waals surface area contributed by atoms with Crippen LogP contribution in [0.25, 0.3) is 0 Å². The number of nitrogens with zero attached hydrogens (tertiary/aromatic N) is 3. The standard InChI is InChI=1S/C18H32N4O2/c1-5-15-12-21(18(24)6-2)8-7-17(15)19-11-16-13(3)20-22(9-10-23)14(16)4/h15,17,19,23H,5-12H2,1-4H3/t15-,17-/m0/s1. The molecule has 0 bridgehead atoms. The van der Waals surface area contributed by atoms with Crippen LogP contribution in [0.5, 0.6) is 0 Å². The summed E-state index contributed by atoms with van der Waals surface area (Å²) in [5, 5.41) is 17.3. The van der Waals surface area contributed by atoms with Gasteiger partial charge in [-0.3, -0.25) is 9.48 Å². The van der Waals surface area contributed by atoms with Crippen LogP contribution in [0.15, 0.2) is 0 Å². The Bertz CT molecular complexity index is 555. The van der Waals surface area contributed by atoms with Crippen LogP contribution in [0.4, 0.5) is 0 Å². The summed E-state index contributed by atoms with van der Waals surface area (Å²) in [7, 11) is 0. The van der Waals surface area contributed by atoms with Gasteiger partial charge in [0.2, 0.25) is 5.91 Å². The van der Waals surface area contributed by atoms with Gasteiger partial charge in [-0.25, -0.2) is 0 Å². The third-order valence-electron chi connectivity index (χ3n) is 5.30. The maximum Gasteiger partial charge on any atom is 0.222 e. The number of carbonyl (C=O) groups excluding carboxylic acids is 1. The van der Waals surface area contributed by atoms with Crippen LogP contribution >= 0.6 is 0 Å². The first kappa shape index (κ1) is 18.9. The second-order valence-corrected chi connectivity index (χ2v) is 6.73. The molecule has 2 atom stereocenters. The molecule has 0 aromatic carbocycles. The number of nitrogens with one attached hydrogen (secondary N) is 1. The van der Waals surface area contributed by atoms with Crippen LogP contribution in [0, 0.1) is 19.8 Å². The molecule has 0 unspecified atom stereocenters. The first-order valence-electron chi connectivity index (χ1n) is 9.16. The Morgan fingerprint density at radius 1 is 1.38 bits per heavy atom. The monoisotopic (exact) mass is 336 g/mol. The molecule has 6 nitrogen and oxygen atoms in total. The van der Waals surface area contributed by atoms with Gasteiger partial charge in [-0.15, -0.1) is 0 Å². The van der Waals surface area contributed by atoms with Crippen LogP contribution < -0.4 is 5.32 Å². The summed E-state index contributed by atoms with van der Waals surface area (Å²) in [5.41, 5.74) is 3.38. The van der Waals surface area contributed by atoms with Crippen molar-refractivity contribution in [2.45, 2.75) is 66.1 Å². The van der Waals surface area contributed by atoms with Gasteiger partial charge in [0, 0.05) is 43.4 Å². The van der Waals surface area contributed by atoms with E-state index in [2.05, 4.69) is 24.3 Å². The lowest BCUT2D eigenvalue weighted by Gasteiger charge is -2.38. The Hall–Kier alpha value is -1.40. The number of hydrogen-bond acceptors (Lipinski definition) is 4. The molecule has 1 aliphatic rings. The molecule has 1 aliphatic heterocycles. The summed E-state index contributed by atoms with van der Waals surface area (Å²) in [6, 6.07) is 0.441. The highest BCUT2D eigenvalue weighted by Gasteiger charge is 2.29. The van der Waals surface area contributed by atoms with Crippen molar-refractivity contribution < 1.29 is 9.90 Å².